The van der Waals surface area contributed by atoms with Gasteiger partial charge in [-0.25, -0.2) is 4.79 Å². The van der Waals surface area contributed by atoms with E-state index in [1.54, 1.807) is 48.2 Å². The number of rotatable bonds is 5. The molecule has 3 N–H and O–H groups in total. The maximum absolute atomic E-state index is 14.3. The first kappa shape index (κ1) is 68.6. The number of hydrogen-bond acceptors (Lipinski definition) is 13. The maximum atomic E-state index is 14.3. The van der Waals surface area contributed by atoms with Crippen molar-refractivity contribution in [2.45, 2.75) is 216 Å². The lowest BCUT2D eigenvalue weighted by atomic mass is 9.78. The predicted molar refractivity (Wildman–Crippen MR) is 286 cm³/mol. The molecule has 0 radical (unpaired) electrons. The number of hydrogen-bond donors (Lipinski definition) is 3. The molecule has 3 fully saturated rings. The molecule has 416 valence electrons. The fraction of sp³-hybridized carbons (Fsp3) is 0.776. The summed E-state index contributed by atoms with van der Waals surface area (Å²) in [5.74, 6) is -7.66. The summed E-state index contributed by atoms with van der Waals surface area (Å²) in [5.41, 5.74) is 1.46. The Kier molecular flexibility index (Phi) is 33.4. The number of nitrogens with zero attached hydrogens (tertiary/aromatic N) is 1. The number of cyclic esters (lactones) is 1. The Morgan fingerprint density at radius 3 is 2.04 bits per heavy atom. The number of allylic oxidation sites excluding steroid dienone is 7. The van der Waals surface area contributed by atoms with E-state index in [4.69, 9.17) is 18.9 Å². The Labute approximate surface area is 435 Å². The van der Waals surface area contributed by atoms with Crippen LogP contribution in [0.4, 0.5) is 0 Å². The molecule has 3 aliphatic heterocycles. The molecule has 4 rings (SSSR count). The van der Waals surface area contributed by atoms with E-state index in [0.717, 1.165) is 12.0 Å². The molecule has 0 spiro atoms. The monoisotopic (exact) mass is 1020 g/mol. The van der Waals surface area contributed by atoms with Gasteiger partial charge in [-0.3, -0.25) is 19.2 Å². The molecule has 14 nitrogen and oxygen atoms in total. The van der Waals surface area contributed by atoms with E-state index in [2.05, 4.69) is 4.74 Å². The third-order valence-corrected chi connectivity index (χ3v) is 14.6. The Morgan fingerprint density at radius 2 is 1.43 bits per heavy atom. The van der Waals surface area contributed by atoms with E-state index in [0.29, 0.717) is 63.4 Å². The van der Waals surface area contributed by atoms with Crippen LogP contribution in [0.2, 0.25) is 0 Å². The van der Waals surface area contributed by atoms with Crippen molar-refractivity contribution in [3.63, 3.8) is 0 Å². The quantitative estimate of drug-likeness (QED) is 0.134. The third kappa shape index (κ3) is 20.4. The zero-order valence-electron chi connectivity index (χ0n) is 46.6. The second kappa shape index (κ2) is 35.0. The maximum Gasteiger partial charge on any atom is 0.329 e. The van der Waals surface area contributed by atoms with Crippen molar-refractivity contribution >= 4 is 29.2 Å². The van der Waals surface area contributed by atoms with Gasteiger partial charge in [-0.05, 0) is 114 Å². The minimum absolute atomic E-state index is 0. The molecular formula is C58H101NO13. The molecule has 0 aromatic rings. The number of fused-ring (bicyclic) bond motifs is 3. The van der Waals surface area contributed by atoms with Gasteiger partial charge < -0.3 is 43.9 Å². The van der Waals surface area contributed by atoms with Crippen LogP contribution in [0, 0.1) is 41.4 Å². The normalized spacial score (nSPS) is 36.7. The van der Waals surface area contributed by atoms with E-state index in [-0.39, 0.29) is 68.2 Å². The molecule has 15 atom stereocenters. The number of ketones is 3. The van der Waals surface area contributed by atoms with Crippen LogP contribution in [0.3, 0.4) is 0 Å². The molecule has 0 aromatic heterocycles. The lowest BCUT2D eigenvalue weighted by Crippen LogP contribution is -2.60. The number of amides is 1. The smallest absolute Gasteiger partial charge is 0.329 e. The van der Waals surface area contributed by atoms with Crippen LogP contribution in [0.25, 0.3) is 0 Å². The van der Waals surface area contributed by atoms with Crippen molar-refractivity contribution in [3.8, 4) is 0 Å². The Hall–Kier alpha value is -3.37. The Bertz CT molecular complexity index is 1760. The molecule has 4 aliphatic rings. The summed E-state index contributed by atoms with van der Waals surface area (Å²) in [7, 11) is 6.20. The predicted octanol–water partition coefficient (Wildman–Crippen LogP) is 9.75. The van der Waals surface area contributed by atoms with Gasteiger partial charge in [0.15, 0.2) is 5.78 Å². The number of ether oxygens (including phenoxy) is 5. The first-order chi connectivity index (χ1) is 33.6. The summed E-state index contributed by atoms with van der Waals surface area (Å²) in [6.07, 6.45) is 12.5. The zero-order valence-corrected chi connectivity index (χ0v) is 46.6. The highest BCUT2D eigenvalue weighted by Gasteiger charge is 2.53. The standard InChI is InChI=1S/C51H79NO12.C2H6O.2C2H6.CH4/c1-30-16-12-11-13-17-31(2)32(3)27-39-21-19-37(8)51(60,64-39)48(57)49(58)52-23-15-14-18-40(52)50(59)63-43(34(5)26-38-20-22-41(53)44(28-38)61-9)29-42(54)33(4)25-36(7)46(56)47(62-10)45(55)35(6)24-30;1-3-2;2*1-2;/h11-13,16-17,25,30,32-35,37-41,43-44,46-47,53,56,60H,14-15,18-24,26-29H2,1-10H3;1-2H3;2*1-2H3;1H4/b13-11+,16-12+,31-17+,36-25+;;;;/t30?,32?,33?,34?,35-,37-,38?,39?,40+,41?,43?,44?,46?,47?,51?;;;;/m1..../s1. The highest BCUT2D eigenvalue weighted by Crippen LogP contribution is 2.38. The van der Waals surface area contributed by atoms with Gasteiger partial charge >= 0.3 is 5.97 Å². The van der Waals surface area contributed by atoms with Crippen molar-refractivity contribution in [1.82, 2.24) is 4.90 Å². The van der Waals surface area contributed by atoms with Gasteiger partial charge in [-0.1, -0.05) is 119 Å². The number of carbonyl (C=O) groups excluding carboxylic acids is 5. The van der Waals surface area contributed by atoms with Crippen molar-refractivity contribution in [2.24, 2.45) is 41.4 Å². The summed E-state index contributed by atoms with van der Waals surface area (Å²) in [6, 6.07) is -1.12. The SMILES string of the molecule is C.CC.CC.COC.COC1CC(CC(C)C2CC(=O)C(C)/C=C(\C)C(O)C(OC)C(=O)[C@H](C)CC(C)/C=C/C=C/C=C(\C)C(C)CC3CC[C@@H](C)C(O)(O3)C(=O)C(=O)N3CCCC[C@H]3C(=O)O2)CCC1O. The van der Waals surface area contributed by atoms with Gasteiger partial charge in [0, 0.05) is 59.2 Å². The summed E-state index contributed by atoms with van der Waals surface area (Å²) < 4.78 is 27.8. The molecule has 2 saturated heterocycles. The van der Waals surface area contributed by atoms with Crippen LogP contribution >= 0.6 is 0 Å². The van der Waals surface area contributed by atoms with Crippen LogP contribution in [0.5, 0.6) is 0 Å². The zero-order chi connectivity index (χ0) is 54.2. The highest BCUT2D eigenvalue weighted by molar-refractivity contribution is 6.39. The molecule has 3 heterocycles. The number of carbonyl (C=O) groups is 5. The van der Waals surface area contributed by atoms with Crippen molar-refractivity contribution in [2.75, 3.05) is 35.0 Å². The van der Waals surface area contributed by atoms with Gasteiger partial charge in [0.2, 0.25) is 5.79 Å². The minimum atomic E-state index is -2.37. The number of methoxy groups -OCH3 is 3. The number of aliphatic hydroxyl groups is 3. The lowest BCUT2D eigenvalue weighted by molar-refractivity contribution is -0.264. The average Bonchev–Trinajstić information content (AvgIpc) is 3.35. The summed E-state index contributed by atoms with van der Waals surface area (Å²) in [6.45, 7) is 23.0. The van der Waals surface area contributed by atoms with Crippen LogP contribution in [0.15, 0.2) is 47.6 Å². The fourth-order valence-electron chi connectivity index (χ4n) is 10.0. The molecule has 1 aliphatic carbocycles. The first-order valence-corrected chi connectivity index (χ1v) is 26.7. The number of piperidine rings is 1. The van der Waals surface area contributed by atoms with Crippen LogP contribution < -0.4 is 0 Å². The molecular weight excluding hydrogens is 919 g/mol. The van der Waals surface area contributed by atoms with Crippen LogP contribution in [0.1, 0.15) is 168 Å². The molecule has 0 aromatic carbocycles. The van der Waals surface area contributed by atoms with E-state index in [1.807, 2.05) is 92.7 Å². The third-order valence-electron chi connectivity index (χ3n) is 14.6. The van der Waals surface area contributed by atoms with Crippen molar-refractivity contribution < 1.29 is 63.0 Å². The molecule has 14 heteroatoms. The summed E-state index contributed by atoms with van der Waals surface area (Å²) in [5, 5.41) is 33.8. The fourth-order valence-corrected chi connectivity index (χ4v) is 10.0. The molecule has 72 heavy (non-hydrogen) atoms. The largest absolute Gasteiger partial charge is 0.460 e. The van der Waals surface area contributed by atoms with Gasteiger partial charge in [0.1, 0.15) is 30.1 Å². The van der Waals surface area contributed by atoms with Crippen LogP contribution in [-0.4, -0.2) is 133 Å². The second-order valence-corrected chi connectivity index (χ2v) is 20.2. The summed E-state index contributed by atoms with van der Waals surface area (Å²) in [4.78, 5) is 71.7. The highest BCUT2D eigenvalue weighted by atomic mass is 16.6. The minimum Gasteiger partial charge on any atom is -0.460 e. The molecule has 1 amide bonds. The second-order valence-electron chi connectivity index (χ2n) is 20.2. The van der Waals surface area contributed by atoms with E-state index >= 15 is 0 Å². The topological polar surface area (TPSA) is 195 Å². The number of Topliss-reactive ketones (excluding diaryl/α,β-unsaturated/α-hetero) is 3. The first-order valence-electron chi connectivity index (χ1n) is 26.7. The van der Waals surface area contributed by atoms with Gasteiger partial charge in [-0.2, -0.15) is 0 Å². The molecule has 12 unspecified atom stereocenters. The van der Waals surface area contributed by atoms with Crippen molar-refractivity contribution in [1.29, 1.82) is 0 Å². The number of aliphatic hydroxyl groups excluding tert-OH is 2. The molecule has 1 saturated carbocycles. The Balaban J connectivity index is 0.00000599. The number of esters is 1. The van der Waals surface area contributed by atoms with E-state index in [1.165, 1.54) is 12.0 Å². The van der Waals surface area contributed by atoms with Crippen LogP contribution in [-0.2, 0) is 47.7 Å². The lowest BCUT2D eigenvalue weighted by Gasteiger charge is -2.42. The van der Waals surface area contributed by atoms with E-state index < -0.39 is 77.8 Å². The van der Waals surface area contributed by atoms with Gasteiger partial charge in [0.05, 0.1) is 18.3 Å². The van der Waals surface area contributed by atoms with Gasteiger partial charge in [-0.15, -0.1) is 0 Å². The summed E-state index contributed by atoms with van der Waals surface area (Å²) >= 11 is 0. The van der Waals surface area contributed by atoms with Gasteiger partial charge in [0.25, 0.3) is 11.7 Å². The van der Waals surface area contributed by atoms with E-state index in [9.17, 15) is 39.3 Å². The molecule has 2 bridgehead atoms. The Morgan fingerprint density at radius 1 is 0.792 bits per heavy atom. The van der Waals surface area contributed by atoms with Crippen molar-refractivity contribution in [3.05, 3.63) is 47.6 Å². The average molecular weight is 1020 g/mol.